The van der Waals surface area contributed by atoms with Gasteiger partial charge in [-0.2, -0.15) is 0 Å². The first kappa shape index (κ1) is 18.5. The van der Waals surface area contributed by atoms with E-state index in [-0.39, 0.29) is 12.4 Å². The fourth-order valence-electron chi connectivity index (χ4n) is 3.77. The van der Waals surface area contributed by atoms with E-state index in [4.69, 9.17) is 5.11 Å². The van der Waals surface area contributed by atoms with Gasteiger partial charge in [-0.05, 0) is 35.4 Å². The monoisotopic (exact) mass is 379 g/mol. The first-order chi connectivity index (χ1) is 13.7. The predicted octanol–water partition coefficient (Wildman–Crippen LogP) is 2.97. The molecule has 0 bridgehead atoms. The summed E-state index contributed by atoms with van der Waals surface area (Å²) in [6, 6.07) is 12.8. The van der Waals surface area contributed by atoms with Crippen molar-refractivity contribution in [3.05, 3.63) is 60.0 Å². The SMILES string of the molecule is O=Cc1cnc2cccc(-c3ccc(N4CCN(CCO)CC4)c(F)c3)c2c1. The Labute approximate surface area is 163 Å². The van der Waals surface area contributed by atoms with Crippen LogP contribution in [0.1, 0.15) is 10.4 Å². The zero-order chi connectivity index (χ0) is 19.5. The minimum absolute atomic E-state index is 0.148. The highest BCUT2D eigenvalue weighted by Crippen LogP contribution is 2.31. The molecule has 0 atom stereocenters. The maximum atomic E-state index is 14.9. The molecule has 0 aliphatic carbocycles. The van der Waals surface area contributed by atoms with Gasteiger partial charge in [0, 0.05) is 49.9 Å². The number of pyridine rings is 1. The number of rotatable bonds is 5. The first-order valence-electron chi connectivity index (χ1n) is 9.41. The lowest BCUT2D eigenvalue weighted by Gasteiger charge is -2.36. The van der Waals surface area contributed by atoms with Crippen molar-refractivity contribution in [3.8, 4) is 11.1 Å². The van der Waals surface area contributed by atoms with E-state index in [1.807, 2.05) is 35.2 Å². The van der Waals surface area contributed by atoms with Crippen LogP contribution in [0.3, 0.4) is 0 Å². The van der Waals surface area contributed by atoms with Crippen LogP contribution in [0.15, 0.2) is 48.7 Å². The minimum atomic E-state index is -0.260. The van der Waals surface area contributed by atoms with Gasteiger partial charge in [-0.25, -0.2) is 4.39 Å². The topological polar surface area (TPSA) is 56.7 Å². The quantitative estimate of drug-likeness (QED) is 0.691. The zero-order valence-electron chi connectivity index (χ0n) is 15.5. The van der Waals surface area contributed by atoms with Gasteiger partial charge in [-0.15, -0.1) is 0 Å². The molecule has 4 rings (SSSR count). The molecule has 1 aromatic heterocycles. The number of nitrogens with zero attached hydrogens (tertiary/aromatic N) is 3. The Kier molecular flexibility index (Phi) is 5.32. The molecule has 1 aliphatic heterocycles. The van der Waals surface area contributed by atoms with Crippen LogP contribution in [0.2, 0.25) is 0 Å². The predicted molar refractivity (Wildman–Crippen MR) is 108 cm³/mol. The summed E-state index contributed by atoms with van der Waals surface area (Å²) < 4.78 is 14.9. The van der Waals surface area contributed by atoms with Gasteiger partial charge >= 0.3 is 0 Å². The van der Waals surface area contributed by atoms with Crippen molar-refractivity contribution < 1.29 is 14.3 Å². The Morgan fingerprint density at radius 1 is 1.11 bits per heavy atom. The van der Waals surface area contributed by atoms with Gasteiger partial charge in [0.25, 0.3) is 0 Å². The molecule has 28 heavy (non-hydrogen) atoms. The normalized spacial score (nSPS) is 15.1. The van der Waals surface area contributed by atoms with Gasteiger partial charge in [-0.1, -0.05) is 18.2 Å². The summed E-state index contributed by atoms with van der Waals surface area (Å²) in [5, 5.41) is 9.88. The third kappa shape index (κ3) is 3.61. The summed E-state index contributed by atoms with van der Waals surface area (Å²) in [7, 11) is 0. The summed E-state index contributed by atoms with van der Waals surface area (Å²) in [6.45, 7) is 3.90. The summed E-state index contributed by atoms with van der Waals surface area (Å²) in [5.74, 6) is -0.260. The smallest absolute Gasteiger partial charge is 0.151 e. The molecule has 1 fully saturated rings. The number of carbonyl (C=O) groups excluding carboxylic acids is 1. The van der Waals surface area contributed by atoms with E-state index in [0.717, 1.165) is 54.5 Å². The third-order valence-electron chi connectivity index (χ3n) is 5.27. The molecule has 1 aliphatic rings. The van der Waals surface area contributed by atoms with Crippen molar-refractivity contribution in [1.29, 1.82) is 0 Å². The molecule has 144 valence electrons. The van der Waals surface area contributed by atoms with E-state index >= 15 is 0 Å². The molecule has 6 heteroatoms. The number of β-amino-alcohol motifs (C(OH)–C–C–N with tert-alkyl or cyclic N) is 1. The van der Waals surface area contributed by atoms with Gasteiger partial charge in [0.1, 0.15) is 5.82 Å². The lowest BCUT2D eigenvalue weighted by Crippen LogP contribution is -2.47. The van der Waals surface area contributed by atoms with Gasteiger partial charge in [0.15, 0.2) is 6.29 Å². The van der Waals surface area contributed by atoms with Crippen LogP contribution in [-0.2, 0) is 0 Å². The molecule has 2 aromatic carbocycles. The number of fused-ring (bicyclic) bond motifs is 1. The Hall–Kier alpha value is -2.83. The standard InChI is InChI=1S/C22H22FN3O2/c23-20-13-17(4-5-22(20)26-8-6-25(7-9-26)10-11-27)18-2-1-3-21-19(18)12-16(15-28)14-24-21/h1-5,12-15,27H,6-11H2. The lowest BCUT2D eigenvalue weighted by molar-refractivity contribution is 0.112. The second-order valence-corrected chi connectivity index (χ2v) is 6.98. The molecule has 0 amide bonds. The van der Waals surface area contributed by atoms with Crippen molar-refractivity contribution >= 4 is 22.9 Å². The first-order valence-corrected chi connectivity index (χ1v) is 9.41. The van der Waals surface area contributed by atoms with Crippen LogP contribution < -0.4 is 4.90 Å². The van der Waals surface area contributed by atoms with E-state index < -0.39 is 0 Å². The fourth-order valence-corrected chi connectivity index (χ4v) is 3.77. The summed E-state index contributed by atoms with van der Waals surface area (Å²) in [4.78, 5) is 19.7. The number of aldehydes is 1. The third-order valence-corrected chi connectivity index (χ3v) is 5.27. The summed E-state index contributed by atoms with van der Waals surface area (Å²) in [6.07, 6.45) is 2.31. The highest BCUT2D eigenvalue weighted by atomic mass is 19.1. The Morgan fingerprint density at radius 3 is 2.64 bits per heavy atom. The number of benzene rings is 2. The molecule has 3 aromatic rings. The van der Waals surface area contributed by atoms with E-state index in [9.17, 15) is 9.18 Å². The minimum Gasteiger partial charge on any atom is -0.395 e. The van der Waals surface area contributed by atoms with Crippen LogP contribution in [0, 0.1) is 5.82 Å². The zero-order valence-corrected chi connectivity index (χ0v) is 15.5. The number of anilines is 1. The highest BCUT2D eigenvalue weighted by Gasteiger charge is 2.19. The molecule has 1 saturated heterocycles. The number of hydrogen-bond donors (Lipinski definition) is 1. The Balaban J connectivity index is 1.64. The van der Waals surface area contributed by atoms with Crippen LogP contribution >= 0.6 is 0 Å². The second kappa shape index (κ2) is 8.04. The Morgan fingerprint density at radius 2 is 1.93 bits per heavy atom. The maximum absolute atomic E-state index is 14.9. The molecule has 0 saturated carbocycles. The largest absolute Gasteiger partial charge is 0.395 e. The average molecular weight is 379 g/mol. The van der Waals surface area contributed by atoms with Crippen LogP contribution in [0.4, 0.5) is 10.1 Å². The average Bonchev–Trinajstić information content (AvgIpc) is 2.74. The molecule has 1 N–H and O–H groups in total. The van der Waals surface area contributed by atoms with Crippen molar-refractivity contribution in [2.24, 2.45) is 0 Å². The molecular formula is C22H22FN3O2. The van der Waals surface area contributed by atoms with Gasteiger partial charge in [0.05, 0.1) is 17.8 Å². The highest BCUT2D eigenvalue weighted by molar-refractivity contribution is 5.97. The number of carbonyl (C=O) groups is 1. The van der Waals surface area contributed by atoms with E-state index in [2.05, 4.69) is 9.88 Å². The molecule has 0 unspecified atom stereocenters. The molecule has 0 spiro atoms. The van der Waals surface area contributed by atoms with Crippen molar-refractivity contribution in [2.75, 3.05) is 44.2 Å². The molecule has 0 radical (unpaired) electrons. The molecule has 5 nitrogen and oxygen atoms in total. The van der Waals surface area contributed by atoms with E-state index in [1.165, 1.54) is 0 Å². The number of aliphatic hydroxyl groups excluding tert-OH is 1. The summed E-state index contributed by atoms with van der Waals surface area (Å²) in [5.41, 5.74) is 3.48. The molecular weight excluding hydrogens is 357 g/mol. The second-order valence-electron chi connectivity index (χ2n) is 6.98. The fraction of sp³-hybridized carbons (Fsp3) is 0.273. The maximum Gasteiger partial charge on any atom is 0.151 e. The number of halogens is 1. The van der Waals surface area contributed by atoms with Crippen LogP contribution in [0.25, 0.3) is 22.0 Å². The lowest BCUT2D eigenvalue weighted by atomic mass is 9.99. The van der Waals surface area contributed by atoms with Gasteiger partial charge < -0.3 is 10.0 Å². The molecule has 2 heterocycles. The van der Waals surface area contributed by atoms with Crippen LogP contribution in [0.5, 0.6) is 0 Å². The number of piperazine rings is 1. The van der Waals surface area contributed by atoms with Crippen molar-refractivity contribution in [3.63, 3.8) is 0 Å². The number of aromatic nitrogens is 1. The van der Waals surface area contributed by atoms with Crippen molar-refractivity contribution in [1.82, 2.24) is 9.88 Å². The number of aliphatic hydroxyl groups is 1. The van der Waals surface area contributed by atoms with E-state index in [0.29, 0.717) is 17.8 Å². The summed E-state index contributed by atoms with van der Waals surface area (Å²) >= 11 is 0. The van der Waals surface area contributed by atoms with Crippen molar-refractivity contribution in [2.45, 2.75) is 0 Å². The van der Waals surface area contributed by atoms with Crippen LogP contribution in [-0.4, -0.2) is 60.6 Å². The van der Waals surface area contributed by atoms with Gasteiger partial charge in [0.2, 0.25) is 0 Å². The van der Waals surface area contributed by atoms with E-state index in [1.54, 1.807) is 18.3 Å². The number of hydrogen-bond acceptors (Lipinski definition) is 5. The van der Waals surface area contributed by atoms with Gasteiger partial charge in [-0.3, -0.25) is 14.7 Å². The Bertz CT molecular complexity index is 1000.